The molecule has 0 spiro atoms. The number of hydrogen-bond acceptors (Lipinski definition) is 4. The van der Waals surface area contributed by atoms with Crippen LogP contribution in [0.1, 0.15) is 33.4 Å². The zero-order valence-corrected chi connectivity index (χ0v) is 10.9. The lowest BCUT2D eigenvalue weighted by Crippen LogP contribution is -2.22. The molecule has 1 heterocycles. The number of carbonyl (C=O) groups excluding carboxylic acids is 1. The zero-order chi connectivity index (χ0) is 12.8. The summed E-state index contributed by atoms with van der Waals surface area (Å²) in [4.78, 5) is 15.6. The third-order valence-electron chi connectivity index (χ3n) is 2.06. The molecule has 0 aromatic carbocycles. The lowest BCUT2D eigenvalue weighted by molar-refractivity contribution is -0.148. The van der Waals surface area contributed by atoms with E-state index in [1.807, 2.05) is 20.0 Å². The molecule has 0 saturated carbocycles. The van der Waals surface area contributed by atoms with Gasteiger partial charge in [0.15, 0.2) is 0 Å². The van der Waals surface area contributed by atoms with E-state index >= 15 is 0 Å². The fraction of sp³-hybridized carbons (Fsp3) is 0.667. The van der Waals surface area contributed by atoms with Crippen LogP contribution in [-0.4, -0.2) is 27.7 Å². The highest BCUT2D eigenvalue weighted by Crippen LogP contribution is 1.99. The molecule has 5 heteroatoms. The standard InChI is InChI=1S/C12H21N3O2/c1-9(2)13-5-11-6-15(8-14-11)7-12(16)17-10(3)4/h6,8-10,13H,5,7H2,1-4H3. The minimum Gasteiger partial charge on any atom is -0.462 e. The summed E-state index contributed by atoms with van der Waals surface area (Å²) in [7, 11) is 0. The smallest absolute Gasteiger partial charge is 0.326 e. The predicted octanol–water partition coefficient (Wildman–Crippen LogP) is 1.33. The molecule has 0 aliphatic rings. The maximum Gasteiger partial charge on any atom is 0.326 e. The van der Waals surface area contributed by atoms with E-state index in [0.717, 1.165) is 5.69 Å². The predicted molar refractivity (Wildman–Crippen MR) is 65.4 cm³/mol. The normalized spacial score (nSPS) is 11.2. The molecule has 0 amide bonds. The first kappa shape index (κ1) is 13.7. The number of rotatable bonds is 6. The van der Waals surface area contributed by atoms with E-state index in [1.54, 1.807) is 10.9 Å². The second-order valence-corrected chi connectivity index (χ2v) is 4.61. The van der Waals surface area contributed by atoms with Gasteiger partial charge in [0.1, 0.15) is 6.54 Å². The highest BCUT2D eigenvalue weighted by Gasteiger charge is 2.07. The molecule has 17 heavy (non-hydrogen) atoms. The Morgan fingerprint density at radius 1 is 1.47 bits per heavy atom. The van der Waals surface area contributed by atoms with Gasteiger partial charge in [-0.25, -0.2) is 4.98 Å². The van der Waals surface area contributed by atoms with E-state index in [-0.39, 0.29) is 18.6 Å². The van der Waals surface area contributed by atoms with Gasteiger partial charge in [-0.1, -0.05) is 13.8 Å². The average Bonchev–Trinajstić information content (AvgIpc) is 2.61. The molecule has 5 nitrogen and oxygen atoms in total. The van der Waals surface area contributed by atoms with E-state index in [9.17, 15) is 4.79 Å². The molecule has 0 bridgehead atoms. The molecule has 0 radical (unpaired) electrons. The Morgan fingerprint density at radius 3 is 2.76 bits per heavy atom. The van der Waals surface area contributed by atoms with Gasteiger partial charge in [0, 0.05) is 18.8 Å². The first-order valence-electron chi connectivity index (χ1n) is 5.91. The summed E-state index contributed by atoms with van der Waals surface area (Å²) in [5.41, 5.74) is 0.927. The highest BCUT2D eigenvalue weighted by molar-refractivity contribution is 5.69. The monoisotopic (exact) mass is 239 g/mol. The first-order valence-corrected chi connectivity index (χ1v) is 5.91. The van der Waals surface area contributed by atoms with Crippen LogP contribution in [0.3, 0.4) is 0 Å². The number of ether oxygens (including phenoxy) is 1. The van der Waals surface area contributed by atoms with Gasteiger partial charge in [0.2, 0.25) is 0 Å². The van der Waals surface area contributed by atoms with Gasteiger partial charge >= 0.3 is 5.97 Å². The number of hydrogen-bond donors (Lipinski definition) is 1. The van der Waals surface area contributed by atoms with E-state index in [0.29, 0.717) is 12.6 Å². The fourth-order valence-electron chi connectivity index (χ4n) is 1.34. The van der Waals surface area contributed by atoms with Gasteiger partial charge in [-0.2, -0.15) is 0 Å². The van der Waals surface area contributed by atoms with Crippen LogP contribution in [0, 0.1) is 0 Å². The average molecular weight is 239 g/mol. The zero-order valence-electron chi connectivity index (χ0n) is 10.9. The van der Waals surface area contributed by atoms with Crippen molar-refractivity contribution in [3.05, 3.63) is 18.2 Å². The topological polar surface area (TPSA) is 56.2 Å². The van der Waals surface area contributed by atoms with Crippen LogP contribution < -0.4 is 5.32 Å². The van der Waals surface area contributed by atoms with Gasteiger partial charge in [-0.3, -0.25) is 4.79 Å². The van der Waals surface area contributed by atoms with Gasteiger partial charge in [-0.05, 0) is 13.8 Å². The molecule has 0 unspecified atom stereocenters. The van der Waals surface area contributed by atoms with Gasteiger partial charge in [0.25, 0.3) is 0 Å². The molecule has 96 valence electrons. The van der Waals surface area contributed by atoms with Crippen LogP contribution in [0.25, 0.3) is 0 Å². The van der Waals surface area contributed by atoms with Crippen molar-refractivity contribution < 1.29 is 9.53 Å². The Morgan fingerprint density at radius 2 is 2.18 bits per heavy atom. The Kier molecular flexibility index (Phi) is 5.15. The third kappa shape index (κ3) is 5.49. The SMILES string of the molecule is CC(C)NCc1cn(CC(=O)OC(C)C)cn1. The maximum atomic E-state index is 11.4. The minimum absolute atomic E-state index is 0.0758. The van der Waals surface area contributed by atoms with Crippen molar-refractivity contribution in [1.29, 1.82) is 0 Å². The van der Waals surface area contributed by atoms with Crippen LogP contribution in [0.5, 0.6) is 0 Å². The fourth-order valence-corrected chi connectivity index (χ4v) is 1.34. The van der Waals surface area contributed by atoms with Crippen molar-refractivity contribution >= 4 is 5.97 Å². The molecule has 0 saturated heterocycles. The molecule has 0 atom stereocenters. The number of aromatic nitrogens is 2. The summed E-state index contributed by atoms with van der Waals surface area (Å²) in [5, 5.41) is 3.27. The Labute approximate surface area is 102 Å². The second kappa shape index (κ2) is 6.39. The van der Waals surface area contributed by atoms with Crippen molar-refractivity contribution in [2.75, 3.05) is 0 Å². The first-order chi connectivity index (χ1) is 7.97. The number of nitrogens with zero attached hydrogens (tertiary/aromatic N) is 2. The molecule has 0 aliphatic carbocycles. The van der Waals surface area contributed by atoms with Gasteiger partial charge in [0.05, 0.1) is 18.1 Å². The molecule has 1 N–H and O–H groups in total. The van der Waals surface area contributed by atoms with Gasteiger partial charge in [-0.15, -0.1) is 0 Å². The van der Waals surface area contributed by atoms with Crippen LogP contribution >= 0.6 is 0 Å². The molecule has 1 aromatic heterocycles. The third-order valence-corrected chi connectivity index (χ3v) is 2.06. The maximum absolute atomic E-state index is 11.4. The summed E-state index contributed by atoms with van der Waals surface area (Å²) in [5.74, 6) is -0.235. The van der Waals surface area contributed by atoms with Crippen molar-refractivity contribution in [2.24, 2.45) is 0 Å². The summed E-state index contributed by atoms with van der Waals surface area (Å²) in [6, 6.07) is 0.422. The molecule has 0 fully saturated rings. The number of carbonyl (C=O) groups is 1. The molecular formula is C12H21N3O2. The number of nitrogens with one attached hydrogen (secondary N) is 1. The summed E-state index contributed by atoms with van der Waals surface area (Å²) < 4.78 is 6.80. The quantitative estimate of drug-likeness (QED) is 0.761. The van der Waals surface area contributed by atoms with Crippen molar-refractivity contribution in [3.8, 4) is 0 Å². The second-order valence-electron chi connectivity index (χ2n) is 4.61. The number of imidazole rings is 1. The minimum atomic E-state index is -0.235. The van der Waals surface area contributed by atoms with Gasteiger partial charge < -0.3 is 14.6 Å². The molecule has 1 aromatic rings. The Balaban J connectivity index is 2.42. The Bertz CT molecular complexity index is 358. The molecule has 0 aliphatic heterocycles. The molecule has 1 rings (SSSR count). The molecular weight excluding hydrogens is 218 g/mol. The van der Waals surface area contributed by atoms with Crippen LogP contribution in [-0.2, 0) is 22.6 Å². The summed E-state index contributed by atoms with van der Waals surface area (Å²) in [6.45, 7) is 8.76. The van der Waals surface area contributed by atoms with Crippen molar-refractivity contribution in [2.45, 2.75) is 52.9 Å². The van der Waals surface area contributed by atoms with Crippen LogP contribution in [0.15, 0.2) is 12.5 Å². The van der Waals surface area contributed by atoms with Crippen molar-refractivity contribution in [3.63, 3.8) is 0 Å². The summed E-state index contributed by atoms with van der Waals surface area (Å²) in [6.07, 6.45) is 3.43. The lowest BCUT2D eigenvalue weighted by atomic mass is 10.3. The largest absolute Gasteiger partial charge is 0.462 e. The lowest BCUT2D eigenvalue weighted by Gasteiger charge is -2.07. The Hall–Kier alpha value is -1.36. The van der Waals surface area contributed by atoms with E-state index in [2.05, 4.69) is 24.1 Å². The van der Waals surface area contributed by atoms with Crippen LogP contribution in [0.2, 0.25) is 0 Å². The van der Waals surface area contributed by atoms with E-state index in [1.165, 1.54) is 0 Å². The summed E-state index contributed by atoms with van der Waals surface area (Å²) >= 11 is 0. The van der Waals surface area contributed by atoms with Crippen LogP contribution in [0.4, 0.5) is 0 Å². The highest BCUT2D eigenvalue weighted by atomic mass is 16.5. The van der Waals surface area contributed by atoms with E-state index in [4.69, 9.17) is 4.74 Å². The van der Waals surface area contributed by atoms with Crippen molar-refractivity contribution in [1.82, 2.24) is 14.9 Å². The van der Waals surface area contributed by atoms with E-state index < -0.39 is 0 Å². The number of esters is 1.